The molecule has 2 aromatic carbocycles. The Morgan fingerprint density at radius 1 is 0.962 bits per heavy atom. The Labute approximate surface area is 153 Å². The lowest BCUT2D eigenvalue weighted by molar-refractivity contribution is -0.130. The van der Waals surface area contributed by atoms with Gasteiger partial charge in [0.05, 0.1) is 21.3 Å². The van der Waals surface area contributed by atoms with Crippen LogP contribution >= 0.6 is 0 Å². The molecular formula is C20H24FNO4. The first-order chi connectivity index (χ1) is 12.5. The number of methoxy groups -OCH3 is 3. The van der Waals surface area contributed by atoms with Crippen molar-refractivity contribution in [1.29, 1.82) is 0 Å². The first kappa shape index (κ1) is 19.6. The number of halogens is 1. The standard InChI is InChI=1S/C20H24FNO4/c1-22(13-14-5-8-16(21)9-6-14)19(23)10-7-15-11-17(24-2)20(26-4)18(12-15)25-3/h5-6,8-9,11-12H,7,10,13H2,1-4H3. The van der Waals surface area contributed by atoms with Gasteiger partial charge in [-0.1, -0.05) is 12.1 Å². The van der Waals surface area contributed by atoms with Gasteiger partial charge >= 0.3 is 0 Å². The summed E-state index contributed by atoms with van der Waals surface area (Å²) in [4.78, 5) is 14.0. The van der Waals surface area contributed by atoms with Crippen LogP contribution in [0.15, 0.2) is 36.4 Å². The predicted octanol–water partition coefficient (Wildman–Crippen LogP) is 3.44. The van der Waals surface area contributed by atoms with E-state index in [0.717, 1.165) is 11.1 Å². The van der Waals surface area contributed by atoms with Crippen LogP contribution in [0, 0.1) is 5.82 Å². The van der Waals surface area contributed by atoms with Crippen molar-refractivity contribution >= 4 is 5.91 Å². The van der Waals surface area contributed by atoms with Crippen molar-refractivity contribution in [2.75, 3.05) is 28.4 Å². The van der Waals surface area contributed by atoms with E-state index in [9.17, 15) is 9.18 Å². The number of hydrogen-bond donors (Lipinski definition) is 0. The fourth-order valence-corrected chi connectivity index (χ4v) is 2.67. The highest BCUT2D eigenvalue weighted by molar-refractivity contribution is 5.76. The third-order valence-electron chi connectivity index (χ3n) is 4.11. The van der Waals surface area contributed by atoms with Crippen molar-refractivity contribution in [2.24, 2.45) is 0 Å². The zero-order valence-corrected chi connectivity index (χ0v) is 15.5. The predicted molar refractivity (Wildman–Crippen MR) is 97.3 cm³/mol. The Balaban J connectivity index is 2.00. The van der Waals surface area contributed by atoms with E-state index in [-0.39, 0.29) is 11.7 Å². The minimum absolute atomic E-state index is 0.00285. The summed E-state index contributed by atoms with van der Waals surface area (Å²) in [5.74, 6) is 1.37. The van der Waals surface area contributed by atoms with E-state index in [1.165, 1.54) is 12.1 Å². The van der Waals surface area contributed by atoms with Crippen molar-refractivity contribution in [1.82, 2.24) is 4.90 Å². The van der Waals surface area contributed by atoms with Gasteiger partial charge in [0.1, 0.15) is 5.82 Å². The molecule has 0 radical (unpaired) electrons. The number of carbonyl (C=O) groups is 1. The van der Waals surface area contributed by atoms with Gasteiger partial charge < -0.3 is 19.1 Å². The van der Waals surface area contributed by atoms with Crippen LogP contribution in [0.2, 0.25) is 0 Å². The molecule has 0 aliphatic carbocycles. The molecule has 2 aromatic rings. The minimum atomic E-state index is -0.287. The second-order valence-corrected chi connectivity index (χ2v) is 5.91. The van der Waals surface area contributed by atoms with Crippen LogP contribution in [-0.4, -0.2) is 39.2 Å². The first-order valence-electron chi connectivity index (χ1n) is 8.25. The average Bonchev–Trinajstić information content (AvgIpc) is 2.66. The highest BCUT2D eigenvalue weighted by Gasteiger charge is 2.15. The molecule has 140 valence electrons. The molecule has 26 heavy (non-hydrogen) atoms. The number of hydrogen-bond acceptors (Lipinski definition) is 4. The summed E-state index contributed by atoms with van der Waals surface area (Å²) >= 11 is 0. The molecule has 0 spiro atoms. The summed E-state index contributed by atoms with van der Waals surface area (Å²) in [6.45, 7) is 0.439. The smallest absolute Gasteiger partial charge is 0.222 e. The lowest BCUT2D eigenvalue weighted by Gasteiger charge is -2.18. The zero-order chi connectivity index (χ0) is 19.1. The molecule has 0 saturated heterocycles. The fraction of sp³-hybridized carbons (Fsp3) is 0.350. The van der Waals surface area contributed by atoms with Crippen LogP contribution in [0.25, 0.3) is 0 Å². The Morgan fingerprint density at radius 2 is 1.54 bits per heavy atom. The second kappa shape index (κ2) is 9.08. The molecule has 0 atom stereocenters. The topological polar surface area (TPSA) is 48.0 Å². The van der Waals surface area contributed by atoms with Crippen LogP contribution in [0.3, 0.4) is 0 Å². The fourth-order valence-electron chi connectivity index (χ4n) is 2.67. The summed E-state index contributed by atoms with van der Waals surface area (Å²) in [6.07, 6.45) is 0.889. The molecule has 0 N–H and O–H groups in total. The van der Waals surface area contributed by atoms with Gasteiger partial charge in [0.15, 0.2) is 11.5 Å². The van der Waals surface area contributed by atoms with Crippen molar-refractivity contribution < 1.29 is 23.4 Å². The third kappa shape index (κ3) is 4.88. The average molecular weight is 361 g/mol. The summed E-state index contributed by atoms with van der Waals surface area (Å²) in [5.41, 5.74) is 1.80. The van der Waals surface area contributed by atoms with E-state index >= 15 is 0 Å². The van der Waals surface area contributed by atoms with Gasteiger partial charge in [0, 0.05) is 20.0 Å². The molecule has 0 aliphatic heterocycles. The molecule has 5 nitrogen and oxygen atoms in total. The number of amides is 1. The quantitative estimate of drug-likeness (QED) is 0.723. The highest BCUT2D eigenvalue weighted by Crippen LogP contribution is 2.38. The summed E-state index contributed by atoms with van der Waals surface area (Å²) in [7, 11) is 6.40. The minimum Gasteiger partial charge on any atom is -0.493 e. The Hall–Kier alpha value is -2.76. The van der Waals surface area contributed by atoms with Crippen LogP contribution in [-0.2, 0) is 17.8 Å². The Kier molecular flexibility index (Phi) is 6.83. The first-order valence-corrected chi connectivity index (χ1v) is 8.25. The zero-order valence-electron chi connectivity index (χ0n) is 15.5. The molecule has 0 bridgehead atoms. The number of ether oxygens (including phenoxy) is 3. The van der Waals surface area contributed by atoms with Crippen molar-refractivity contribution in [3.8, 4) is 17.2 Å². The SMILES string of the molecule is COc1cc(CCC(=O)N(C)Cc2ccc(F)cc2)cc(OC)c1OC. The Bertz CT molecular complexity index is 721. The van der Waals surface area contributed by atoms with E-state index in [1.807, 2.05) is 12.1 Å². The van der Waals surface area contributed by atoms with E-state index in [0.29, 0.717) is 36.6 Å². The van der Waals surface area contributed by atoms with Gasteiger partial charge in [-0.15, -0.1) is 0 Å². The Morgan fingerprint density at radius 3 is 2.04 bits per heavy atom. The van der Waals surface area contributed by atoms with E-state index in [1.54, 1.807) is 45.4 Å². The maximum absolute atomic E-state index is 13.0. The number of rotatable bonds is 8. The maximum Gasteiger partial charge on any atom is 0.222 e. The summed E-state index contributed by atoms with van der Waals surface area (Å²) in [6, 6.07) is 9.83. The van der Waals surface area contributed by atoms with E-state index in [4.69, 9.17) is 14.2 Å². The molecule has 2 rings (SSSR count). The summed E-state index contributed by atoms with van der Waals surface area (Å²) in [5, 5.41) is 0. The second-order valence-electron chi connectivity index (χ2n) is 5.91. The molecule has 0 aliphatic rings. The highest BCUT2D eigenvalue weighted by atomic mass is 19.1. The van der Waals surface area contributed by atoms with Crippen LogP contribution in [0.1, 0.15) is 17.5 Å². The molecule has 0 heterocycles. The monoisotopic (exact) mass is 361 g/mol. The molecule has 6 heteroatoms. The lowest BCUT2D eigenvalue weighted by Crippen LogP contribution is -2.26. The lowest BCUT2D eigenvalue weighted by atomic mass is 10.1. The summed E-state index contributed by atoms with van der Waals surface area (Å²) < 4.78 is 28.9. The number of benzene rings is 2. The van der Waals surface area contributed by atoms with Crippen LogP contribution in [0.5, 0.6) is 17.2 Å². The molecule has 0 aromatic heterocycles. The normalized spacial score (nSPS) is 10.3. The van der Waals surface area contributed by atoms with E-state index < -0.39 is 0 Å². The van der Waals surface area contributed by atoms with E-state index in [2.05, 4.69) is 0 Å². The van der Waals surface area contributed by atoms with Gasteiger partial charge in [-0.3, -0.25) is 4.79 Å². The van der Waals surface area contributed by atoms with Gasteiger partial charge in [-0.25, -0.2) is 4.39 Å². The number of aryl methyl sites for hydroxylation is 1. The third-order valence-corrected chi connectivity index (χ3v) is 4.11. The van der Waals surface area contributed by atoms with Gasteiger partial charge in [0.2, 0.25) is 11.7 Å². The number of nitrogens with zero attached hydrogens (tertiary/aromatic N) is 1. The van der Waals surface area contributed by atoms with Crippen LogP contribution in [0.4, 0.5) is 4.39 Å². The van der Waals surface area contributed by atoms with Gasteiger partial charge in [-0.05, 0) is 41.8 Å². The van der Waals surface area contributed by atoms with Crippen molar-refractivity contribution in [3.63, 3.8) is 0 Å². The molecule has 0 saturated carbocycles. The largest absolute Gasteiger partial charge is 0.493 e. The van der Waals surface area contributed by atoms with Crippen LogP contribution < -0.4 is 14.2 Å². The van der Waals surface area contributed by atoms with Crippen molar-refractivity contribution in [3.05, 3.63) is 53.3 Å². The maximum atomic E-state index is 13.0. The molecule has 1 amide bonds. The molecule has 0 fully saturated rings. The van der Waals surface area contributed by atoms with Gasteiger partial charge in [-0.2, -0.15) is 0 Å². The van der Waals surface area contributed by atoms with Crippen molar-refractivity contribution in [2.45, 2.75) is 19.4 Å². The van der Waals surface area contributed by atoms with Gasteiger partial charge in [0.25, 0.3) is 0 Å². The number of carbonyl (C=O) groups excluding carboxylic acids is 1. The molecular weight excluding hydrogens is 337 g/mol. The molecule has 0 unspecified atom stereocenters.